The lowest BCUT2D eigenvalue weighted by molar-refractivity contribution is -0.146. The van der Waals surface area contributed by atoms with Crippen molar-refractivity contribution in [3.8, 4) is 0 Å². The summed E-state index contributed by atoms with van der Waals surface area (Å²) in [4.78, 5) is 46.3. The monoisotopic (exact) mass is 535 g/mol. The lowest BCUT2D eigenvalue weighted by Gasteiger charge is -2.34. The number of amides is 1. The van der Waals surface area contributed by atoms with Gasteiger partial charge in [0.2, 0.25) is 5.91 Å². The molecule has 3 unspecified atom stereocenters. The summed E-state index contributed by atoms with van der Waals surface area (Å²) in [7, 11) is -1.38. The fourth-order valence-corrected chi connectivity index (χ4v) is 4.06. The van der Waals surface area contributed by atoms with E-state index in [2.05, 4.69) is 32.4 Å². The number of nitrogens with one attached hydrogen (secondary N) is 1. The minimum absolute atomic E-state index is 0.0163. The summed E-state index contributed by atoms with van der Waals surface area (Å²) in [5.41, 5.74) is 0.0163. The lowest BCUT2D eigenvalue weighted by Crippen LogP contribution is -2.40. The van der Waals surface area contributed by atoms with Gasteiger partial charge in [0, 0.05) is 44.2 Å². The minimum atomic E-state index is -2.80. The van der Waals surface area contributed by atoms with E-state index in [0.717, 1.165) is 6.42 Å². The molecule has 0 aromatic rings. The van der Waals surface area contributed by atoms with Crippen LogP contribution in [0.2, 0.25) is 0 Å². The van der Waals surface area contributed by atoms with Gasteiger partial charge in [0.15, 0.2) is 5.78 Å². The molecule has 3 atom stereocenters. The van der Waals surface area contributed by atoms with Crippen molar-refractivity contribution < 1.29 is 38.0 Å². The smallest absolute Gasteiger partial charge is 0.305 e. The highest BCUT2D eigenvalue weighted by atomic mass is 31.2. The number of ketones is 1. The average molecular weight is 536 g/mol. The first-order valence-electron chi connectivity index (χ1n) is 12.6. The molecule has 212 valence electrons. The molecule has 1 amide bonds. The second kappa shape index (κ2) is 16.6. The Kier molecular flexibility index (Phi) is 16.0. The molecule has 0 bridgehead atoms. The fraction of sp³-hybridized carbons (Fsp3) is 0.846. The molecule has 0 aliphatic heterocycles. The zero-order chi connectivity index (χ0) is 28.0. The van der Waals surface area contributed by atoms with Crippen LogP contribution in [0.4, 0.5) is 0 Å². The third-order valence-corrected chi connectivity index (χ3v) is 8.14. The van der Waals surface area contributed by atoms with Crippen LogP contribution in [-0.4, -0.2) is 80.2 Å². The SMILES string of the molecule is C=P(O)(OCC(COC(=O)CCCOCCCC(=O)C(C)NC(=O)COC)CC(C)(C)C)C(C)(C)C. The summed E-state index contributed by atoms with van der Waals surface area (Å²) in [5.74, 6) is -0.736. The number of hydrogen-bond acceptors (Lipinski definition) is 8. The number of Topliss-reactive ketones (excluding diaryl/α,β-unsaturated/α-hetero) is 1. The van der Waals surface area contributed by atoms with Gasteiger partial charge in [-0.3, -0.25) is 14.4 Å². The summed E-state index contributed by atoms with van der Waals surface area (Å²) < 4.78 is 21.5. The summed E-state index contributed by atoms with van der Waals surface area (Å²) in [6.07, 6.45) is 6.27. The Labute approximate surface area is 218 Å². The van der Waals surface area contributed by atoms with Crippen molar-refractivity contribution in [2.45, 2.75) is 91.8 Å². The van der Waals surface area contributed by atoms with Crippen molar-refractivity contribution in [1.82, 2.24) is 5.32 Å². The van der Waals surface area contributed by atoms with Crippen LogP contribution in [0.25, 0.3) is 0 Å². The van der Waals surface area contributed by atoms with E-state index in [1.54, 1.807) is 6.92 Å². The standard InChI is InChI=1S/C26H50NO8P/c1-20(27-23(29)19-32-8)22(28)12-10-14-33-15-11-13-24(30)34-17-21(16-25(2,3)4)18-35-36(9,31)26(5,6)7/h20-21,31H,9-19H2,1-8H3,(H,27,29). The third kappa shape index (κ3) is 16.5. The van der Waals surface area contributed by atoms with E-state index in [-0.39, 0.29) is 55.2 Å². The van der Waals surface area contributed by atoms with E-state index in [4.69, 9.17) is 18.7 Å². The van der Waals surface area contributed by atoms with E-state index in [1.807, 2.05) is 20.8 Å². The van der Waals surface area contributed by atoms with Crippen LogP contribution in [0.15, 0.2) is 0 Å². The molecule has 0 radical (unpaired) electrons. The van der Waals surface area contributed by atoms with Crippen LogP contribution in [0.3, 0.4) is 0 Å². The zero-order valence-electron chi connectivity index (χ0n) is 23.7. The topological polar surface area (TPSA) is 120 Å². The summed E-state index contributed by atoms with van der Waals surface area (Å²) >= 11 is 0. The van der Waals surface area contributed by atoms with Gasteiger partial charge in [-0.2, -0.15) is 0 Å². The molecule has 0 heterocycles. The van der Waals surface area contributed by atoms with E-state index >= 15 is 0 Å². The highest BCUT2D eigenvalue weighted by Crippen LogP contribution is 2.54. The minimum Gasteiger partial charge on any atom is -0.465 e. The summed E-state index contributed by atoms with van der Waals surface area (Å²) in [5, 5.41) is 2.14. The van der Waals surface area contributed by atoms with E-state index in [9.17, 15) is 19.3 Å². The van der Waals surface area contributed by atoms with E-state index in [0.29, 0.717) is 32.5 Å². The van der Waals surface area contributed by atoms with Gasteiger partial charge in [0.1, 0.15) is 13.9 Å². The molecular formula is C26H50NO8P. The molecule has 9 nitrogen and oxygen atoms in total. The number of esters is 1. The number of ether oxygens (including phenoxy) is 3. The number of rotatable bonds is 18. The maximum absolute atomic E-state index is 12.2. The van der Waals surface area contributed by atoms with Gasteiger partial charge < -0.3 is 28.9 Å². The Morgan fingerprint density at radius 1 is 1.00 bits per heavy atom. The van der Waals surface area contributed by atoms with Gasteiger partial charge in [-0.1, -0.05) is 47.8 Å². The molecule has 0 aromatic carbocycles. The molecule has 0 saturated carbocycles. The molecular weight excluding hydrogens is 485 g/mol. The first-order valence-corrected chi connectivity index (χ1v) is 14.5. The average Bonchev–Trinajstić information content (AvgIpc) is 2.73. The van der Waals surface area contributed by atoms with Crippen molar-refractivity contribution in [2.24, 2.45) is 11.3 Å². The van der Waals surface area contributed by atoms with Crippen molar-refractivity contribution in [2.75, 3.05) is 40.1 Å². The highest BCUT2D eigenvalue weighted by Gasteiger charge is 2.30. The second-order valence-electron chi connectivity index (χ2n) is 11.5. The fourth-order valence-electron chi connectivity index (χ4n) is 3.22. The zero-order valence-corrected chi connectivity index (χ0v) is 24.6. The number of carbonyl (C=O) groups is 3. The van der Waals surface area contributed by atoms with Crippen LogP contribution in [-0.2, 0) is 33.1 Å². The first-order chi connectivity index (χ1) is 16.5. The van der Waals surface area contributed by atoms with Gasteiger partial charge in [-0.05, 0) is 31.6 Å². The maximum Gasteiger partial charge on any atom is 0.305 e. The molecule has 0 aliphatic carbocycles. The number of carbonyl (C=O) groups excluding carboxylic acids is 3. The Bertz CT molecular complexity index is 726. The van der Waals surface area contributed by atoms with Crippen molar-refractivity contribution in [3.63, 3.8) is 0 Å². The number of hydrogen-bond donors (Lipinski definition) is 2. The van der Waals surface area contributed by atoms with Crippen LogP contribution in [0.5, 0.6) is 0 Å². The third-order valence-electron chi connectivity index (χ3n) is 5.47. The molecule has 0 rings (SSSR count). The quantitative estimate of drug-likeness (QED) is 0.154. The van der Waals surface area contributed by atoms with Crippen molar-refractivity contribution in [3.05, 3.63) is 0 Å². The predicted octanol–water partition coefficient (Wildman–Crippen LogP) is 3.97. The predicted molar refractivity (Wildman–Crippen MR) is 144 cm³/mol. The van der Waals surface area contributed by atoms with Gasteiger partial charge >= 0.3 is 5.97 Å². The number of methoxy groups -OCH3 is 1. The first kappa shape index (κ1) is 34.8. The Morgan fingerprint density at radius 2 is 1.58 bits per heavy atom. The van der Waals surface area contributed by atoms with Crippen LogP contribution >= 0.6 is 7.34 Å². The summed E-state index contributed by atoms with van der Waals surface area (Å²) in [6, 6.07) is -0.562. The van der Waals surface area contributed by atoms with Gasteiger partial charge in [0.05, 0.1) is 19.3 Å². The summed E-state index contributed by atoms with van der Waals surface area (Å²) in [6.45, 7) is 14.9. The molecule has 0 saturated heterocycles. The molecule has 0 spiro atoms. The lowest BCUT2D eigenvalue weighted by atomic mass is 9.85. The maximum atomic E-state index is 12.2. The van der Waals surface area contributed by atoms with Crippen molar-refractivity contribution >= 4 is 31.3 Å². The molecule has 0 fully saturated rings. The molecule has 10 heteroatoms. The Hall–Kier alpha value is -1.25. The van der Waals surface area contributed by atoms with Crippen LogP contribution in [0, 0.1) is 11.3 Å². The second-order valence-corrected chi connectivity index (χ2v) is 14.5. The van der Waals surface area contributed by atoms with E-state index in [1.165, 1.54) is 7.11 Å². The van der Waals surface area contributed by atoms with Gasteiger partial charge in [-0.25, -0.2) is 0 Å². The Balaban J connectivity index is 4.23. The van der Waals surface area contributed by atoms with Crippen LogP contribution in [0.1, 0.15) is 80.6 Å². The molecule has 36 heavy (non-hydrogen) atoms. The van der Waals surface area contributed by atoms with Gasteiger partial charge in [0.25, 0.3) is 0 Å². The molecule has 0 aromatic heterocycles. The highest BCUT2D eigenvalue weighted by molar-refractivity contribution is 7.65. The van der Waals surface area contributed by atoms with Crippen LogP contribution < -0.4 is 5.32 Å². The van der Waals surface area contributed by atoms with Gasteiger partial charge in [-0.15, -0.1) is 0 Å². The molecule has 0 aliphatic rings. The normalized spacial score (nSPS) is 15.6. The van der Waals surface area contributed by atoms with Crippen molar-refractivity contribution in [1.29, 1.82) is 0 Å². The molecule has 2 N–H and O–H groups in total. The Morgan fingerprint density at radius 3 is 2.11 bits per heavy atom. The van der Waals surface area contributed by atoms with E-state index < -0.39 is 18.5 Å². The largest absolute Gasteiger partial charge is 0.465 e.